The lowest BCUT2D eigenvalue weighted by Gasteiger charge is -2.16. The van der Waals surface area contributed by atoms with Gasteiger partial charge in [0, 0.05) is 31.0 Å². The third-order valence-corrected chi connectivity index (χ3v) is 6.38. The summed E-state index contributed by atoms with van der Waals surface area (Å²) in [5, 5.41) is 11.3. The van der Waals surface area contributed by atoms with Crippen molar-refractivity contribution in [2.45, 2.75) is 30.7 Å². The summed E-state index contributed by atoms with van der Waals surface area (Å²) in [4.78, 5) is 24.3. The van der Waals surface area contributed by atoms with Crippen molar-refractivity contribution in [1.29, 1.82) is 5.26 Å². The summed E-state index contributed by atoms with van der Waals surface area (Å²) in [6.07, 6.45) is 3.12. The summed E-state index contributed by atoms with van der Waals surface area (Å²) < 4.78 is 27.8. The van der Waals surface area contributed by atoms with Crippen LogP contribution in [-0.4, -0.2) is 36.3 Å². The zero-order valence-electron chi connectivity index (χ0n) is 15.2. The van der Waals surface area contributed by atoms with Gasteiger partial charge in [-0.3, -0.25) is 9.59 Å². The zero-order chi connectivity index (χ0) is 20.1. The number of hydrogen-bond acceptors (Lipinski definition) is 5. The maximum atomic E-state index is 12.6. The number of sulfonamides is 1. The second kappa shape index (κ2) is 8.37. The first-order valence-corrected chi connectivity index (χ1v) is 10.3. The number of anilines is 1. The van der Waals surface area contributed by atoms with Crippen LogP contribution in [0.25, 0.3) is 0 Å². The van der Waals surface area contributed by atoms with Crippen LogP contribution in [0.1, 0.15) is 18.4 Å². The van der Waals surface area contributed by atoms with Crippen molar-refractivity contribution in [2.24, 2.45) is 0 Å². The molecule has 0 saturated carbocycles. The lowest BCUT2D eigenvalue weighted by Crippen LogP contribution is -2.31. The van der Waals surface area contributed by atoms with Crippen molar-refractivity contribution >= 4 is 21.6 Å². The molecular formula is C19H20N4O4S. The third-order valence-electron chi connectivity index (χ3n) is 4.49. The van der Waals surface area contributed by atoms with Crippen molar-refractivity contribution in [3.05, 3.63) is 58.5 Å². The summed E-state index contributed by atoms with van der Waals surface area (Å²) in [6.45, 7) is 0.621. The molecule has 8 nitrogen and oxygen atoms in total. The van der Waals surface area contributed by atoms with E-state index in [1.54, 1.807) is 24.3 Å². The highest BCUT2D eigenvalue weighted by molar-refractivity contribution is 7.89. The molecule has 2 heterocycles. The van der Waals surface area contributed by atoms with Gasteiger partial charge in [-0.15, -0.1) is 0 Å². The highest BCUT2D eigenvalue weighted by Gasteiger charge is 2.27. The van der Waals surface area contributed by atoms with E-state index in [0.717, 1.165) is 29.0 Å². The summed E-state index contributed by atoms with van der Waals surface area (Å²) in [6, 6.07) is 11.3. The SMILES string of the molecule is N#CCc1ccc(NC(=O)Cn2cc(S(=O)(=O)N3CCCC3)ccc2=O)cc1. The number of rotatable bonds is 6. The molecule has 1 aliphatic rings. The lowest BCUT2D eigenvalue weighted by atomic mass is 10.1. The number of nitrogens with one attached hydrogen (secondary N) is 1. The Morgan fingerprint density at radius 3 is 2.43 bits per heavy atom. The van der Waals surface area contributed by atoms with E-state index in [2.05, 4.69) is 5.32 Å². The number of aromatic nitrogens is 1. The Kier molecular flexibility index (Phi) is 5.92. The van der Waals surface area contributed by atoms with Gasteiger partial charge in [-0.2, -0.15) is 9.57 Å². The van der Waals surface area contributed by atoms with Crippen molar-refractivity contribution in [3.63, 3.8) is 0 Å². The van der Waals surface area contributed by atoms with Gasteiger partial charge >= 0.3 is 0 Å². The molecule has 0 spiro atoms. The summed E-state index contributed by atoms with van der Waals surface area (Å²) >= 11 is 0. The van der Waals surface area contributed by atoms with Crippen LogP contribution >= 0.6 is 0 Å². The number of nitrogens with zero attached hydrogens (tertiary/aromatic N) is 3. The van der Waals surface area contributed by atoms with Gasteiger partial charge in [0.25, 0.3) is 5.56 Å². The van der Waals surface area contributed by atoms with Gasteiger partial charge in [0.05, 0.1) is 17.4 Å². The fraction of sp³-hybridized carbons (Fsp3) is 0.316. The first kappa shape index (κ1) is 19.8. The Labute approximate surface area is 163 Å². The van der Waals surface area contributed by atoms with Crippen LogP contribution in [0.2, 0.25) is 0 Å². The Balaban J connectivity index is 1.74. The van der Waals surface area contributed by atoms with Crippen molar-refractivity contribution in [1.82, 2.24) is 8.87 Å². The maximum Gasteiger partial charge on any atom is 0.251 e. The molecule has 2 aromatic rings. The summed E-state index contributed by atoms with van der Waals surface area (Å²) in [5.74, 6) is -0.453. The highest BCUT2D eigenvalue weighted by Crippen LogP contribution is 2.19. The number of amides is 1. The maximum absolute atomic E-state index is 12.6. The summed E-state index contributed by atoms with van der Waals surface area (Å²) in [5.41, 5.74) is 0.900. The second-order valence-electron chi connectivity index (χ2n) is 6.52. The molecule has 1 aromatic heterocycles. The molecule has 1 fully saturated rings. The molecule has 0 aliphatic carbocycles. The van der Waals surface area contributed by atoms with Crippen molar-refractivity contribution < 1.29 is 13.2 Å². The second-order valence-corrected chi connectivity index (χ2v) is 8.46. The standard InChI is InChI=1S/C19H20N4O4S/c20-10-9-15-3-5-16(6-4-15)21-18(24)14-22-13-17(7-8-19(22)25)28(26,27)23-11-1-2-12-23/h3-8,13H,1-2,9,11-12,14H2,(H,21,24). The highest BCUT2D eigenvalue weighted by atomic mass is 32.2. The van der Waals surface area contributed by atoms with Gasteiger partial charge in [0.1, 0.15) is 6.54 Å². The molecule has 1 saturated heterocycles. The quantitative estimate of drug-likeness (QED) is 0.786. The van der Waals surface area contributed by atoms with Gasteiger partial charge in [0.15, 0.2) is 0 Å². The predicted octanol–water partition coefficient (Wildman–Crippen LogP) is 1.34. The van der Waals surface area contributed by atoms with E-state index in [0.29, 0.717) is 18.8 Å². The van der Waals surface area contributed by atoms with E-state index in [9.17, 15) is 18.0 Å². The summed E-state index contributed by atoms with van der Waals surface area (Å²) in [7, 11) is -3.67. The van der Waals surface area contributed by atoms with Crippen molar-refractivity contribution in [2.75, 3.05) is 18.4 Å². The average Bonchev–Trinajstić information content (AvgIpc) is 3.21. The van der Waals surface area contributed by atoms with E-state index < -0.39 is 21.5 Å². The predicted molar refractivity (Wildman–Crippen MR) is 103 cm³/mol. The van der Waals surface area contributed by atoms with E-state index in [-0.39, 0.29) is 17.9 Å². The number of nitriles is 1. The number of benzene rings is 1. The van der Waals surface area contributed by atoms with Crippen LogP contribution in [0, 0.1) is 11.3 Å². The van der Waals surface area contributed by atoms with Crippen LogP contribution in [0.4, 0.5) is 5.69 Å². The fourth-order valence-corrected chi connectivity index (χ4v) is 4.55. The molecule has 28 heavy (non-hydrogen) atoms. The first-order valence-electron chi connectivity index (χ1n) is 8.86. The van der Waals surface area contributed by atoms with Crippen LogP contribution in [-0.2, 0) is 27.8 Å². The van der Waals surface area contributed by atoms with Crippen LogP contribution in [0.15, 0.2) is 52.3 Å². The van der Waals surface area contributed by atoms with E-state index in [1.807, 2.05) is 6.07 Å². The Bertz CT molecular complexity index is 1060. The zero-order valence-corrected chi connectivity index (χ0v) is 16.0. The lowest BCUT2D eigenvalue weighted by molar-refractivity contribution is -0.116. The number of hydrogen-bond donors (Lipinski definition) is 1. The average molecular weight is 400 g/mol. The molecule has 0 bridgehead atoms. The minimum Gasteiger partial charge on any atom is -0.325 e. The minimum atomic E-state index is -3.67. The van der Waals surface area contributed by atoms with Crippen LogP contribution < -0.4 is 10.9 Å². The minimum absolute atomic E-state index is 0.00246. The molecule has 0 atom stereocenters. The van der Waals surface area contributed by atoms with Gasteiger partial charge in [-0.05, 0) is 36.6 Å². The van der Waals surface area contributed by atoms with E-state index >= 15 is 0 Å². The molecule has 1 amide bonds. The largest absolute Gasteiger partial charge is 0.325 e. The van der Waals surface area contributed by atoms with Gasteiger partial charge in [-0.25, -0.2) is 8.42 Å². The monoisotopic (exact) mass is 400 g/mol. The topological polar surface area (TPSA) is 112 Å². The fourth-order valence-electron chi connectivity index (χ4n) is 3.02. The molecule has 1 aliphatic heterocycles. The third kappa shape index (κ3) is 4.47. The van der Waals surface area contributed by atoms with Crippen molar-refractivity contribution in [3.8, 4) is 6.07 Å². The van der Waals surface area contributed by atoms with Gasteiger partial charge in [0.2, 0.25) is 15.9 Å². The molecule has 0 radical (unpaired) electrons. The van der Waals surface area contributed by atoms with Crippen LogP contribution in [0.5, 0.6) is 0 Å². The normalized spacial score (nSPS) is 14.5. The van der Waals surface area contributed by atoms with Gasteiger partial charge < -0.3 is 9.88 Å². The Hall–Kier alpha value is -2.96. The smallest absolute Gasteiger partial charge is 0.251 e. The number of pyridine rings is 1. The van der Waals surface area contributed by atoms with Gasteiger partial charge in [-0.1, -0.05) is 12.1 Å². The molecule has 1 N–H and O–H groups in total. The number of carbonyl (C=O) groups is 1. The Morgan fingerprint density at radius 2 is 1.79 bits per heavy atom. The molecular weight excluding hydrogens is 380 g/mol. The molecule has 3 rings (SSSR count). The molecule has 0 unspecified atom stereocenters. The van der Waals surface area contributed by atoms with E-state index in [4.69, 9.17) is 5.26 Å². The molecule has 9 heteroatoms. The molecule has 1 aromatic carbocycles. The first-order chi connectivity index (χ1) is 13.4. The van der Waals surface area contributed by atoms with Crippen LogP contribution in [0.3, 0.4) is 0 Å². The molecule has 146 valence electrons. The Morgan fingerprint density at radius 1 is 1.11 bits per heavy atom. The van der Waals surface area contributed by atoms with E-state index in [1.165, 1.54) is 16.6 Å². The number of carbonyl (C=O) groups excluding carboxylic acids is 1.